The average molecular weight is 299 g/mol. The molecule has 1 atom stereocenters. The van der Waals surface area contributed by atoms with Gasteiger partial charge in [0.2, 0.25) is 0 Å². The largest absolute Gasteiger partial charge is 0.490 e. The predicted molar refractivity (Wildman–Crippen MR) is 91.6 cm³/mol. The molecule has 0 aliphatic carbocycles. The molecule has 0 spiro atoms. The Hall–Kier alpha value is -2.16. The van der Waals surface area contributed by atoms with Crippen LogP contribution in [0.4, 0.5) is 5.69 Å². The Morgan fingerprint density at radius 2 is 1.45 bits per heavy atom. The third-order valence-electron chi connectivity index (χ3n) is 3.42. The van der Waals surface area contributed by atoms with Crippen LogP contribution in [0.3, 0.4) is 0 Å². The summed E-state index contributed by atoms with van der Waals surface area (Å²) >= 11 is 0. The fourth-order valence-electron chi connectivity index (χ4n) is 2.08. The number of ether oxygens (including phenoxy) is 2. The summed E-state index contributed by atoms with van der Waals surface area (Å²) in [5.74, 6) is 1.66. The SMILES string of the molecule is CC(COc1ccc(N)cc1)Oc1ccc(C(C)(C)C)cc1. The smallest absolute Gasteiger partial charge is 0.130 e. The third kappa shape index (κ3) is 4.69. The Morgan fingerprint density at radius 1 is 0.909 bits per heavy atom. The van der Waals surface area contributed by atoms with E-state index in [0.29, 0.717) is 6.61 Å². The summed E-state index contributed by atoms with van der Waals surface area (Å²) < 4.78 is 11.6. The molecule has 0 amide bonds. The first-order valence-electron chi connectivity index (χ1n) is 7.60. The van der Waals surface area contributed by atoms with Gasteiger partial charge in [-0.05, 0) is 54.3 Å². The van der Waals surface area contributed by atoms with Crippen molar-refractivity contribution >= 4 is 5.69 Å². The molecule has 3 nitrogen and oxygen atoms in total. The van der Waals surface area contributed by atoms with Crippen molar-refractivity contribution in [3.8, 4) is 11.5 Å². The van der Waals surface area contributed by atoms with Gasteiger partial charge in [-0.25, -0.2) is 0 Å². The van der Waals surface area contributed by atoms with Crippen molar-refractivity contribution in [1.29, 1.82) is 0 Å². The number of rotatable bonds is 5. The normalized spacial score (nSPS) is 12.7. The lowest BCUT2D eigenvalue weighted by Crippen LogP contribution is -2.21. The molecular weight excluding hydrogens is 274 g/mol. The summed E-state index contributed by atoms with van der Waals surface area (Å²) in [5.41, 5.74) is 7.83. The van der Waals surface area contributed by atoms with E-state index >= 15 is 0 Å². The summed E-state index contributed by atoms with van der Waals surface area (Å²) in [6.07, 6.45) is -0.0296. The van der Waals surface area contributed by atoms with Crippen molar-refractivity contribution in [1.82, 2.24) is 0 Å². The zero-order valence-electron chi connectivity index (χ0n) is 13.8. The van der Waals surface area contributed by atoms with E-state index in [0.717, 1.165) is 17.2 Å². The summed E-state index contributed by atoms with van der Waals surface area (Å²) in [7, 11) is 0. The minimum Gasteiger partial charge on any atom is -0.490 e. The fraction of sp³-hybridized carbons (Fsp3) is 0.368. The second-order valence-electron chi connectivity index (χ2n) is 6.58. The molecule has 0 aliphatic heterocycles. The van der Waals surface area contributed by atoms with Crippen LogP contribution in [0.25, 0.3) is 0 Å². The van der Waals surface area contributed by atoms with E-state index < -0.39 is 0 Å². The molecule has 2 rings (SSSR count). The van der Waals surface area contributed by atoms with Crippen LogP contribution in [0.5, 0.6) is 11.5 Å². The Labute approximate surface area is 133 Å². The summed E-state index contributed by atoms with van der Waals surface area (Å²) in [5, 5.41) is 0. The first-order chi connectivity index (χ1) is 10.3. The van der Waals surface area contributed by atoms with Crippen LogP contribution < -0.4 is 15.2 Å². The lowest BCUT2D eigenvalue weighted by Gasteiger charge is -2.20. The number of nitrogens with two attached hydrogens (primary N) is 1. The molecule has 2 aromatic carbocycles. The van der Waals surface area contributed by atoms with Gasteiger partial charge < -0.3 is 15.2 Å². The molecule has 0 saturated carbocycles. The minimum atomic E-state index is -0.0296. The number of nitrogen functional groups attached to an aromatic ring is 1. The molecule has 2 N–H and O–H groups in total. The third-order valence-corrected chi connectivity index (χ3v) is 3.42. The fourth-order valence-corrected chi connectivity index (χ4v) is 2.08. The highest BCUT2D eigenvalue weighted by Gasteiger charge is 2.13. The highest BCUT2D eigenvalue weighted by Crippen LogP contribution is 2.24. The summed E-state index contributed by atoms with van der Waals surface area (Å²) in [6, 6.07) is 15.6. The molecule has 22 heavy (non-hydrogen) atoms. The summed E-state index contributed by atoms with van der Waals surface area (Å²) in [6.45, 7) is 9.09. The van der Waals surface area contributed by atoms with Gasteiger partial charge in [-0.2, -0.15) is 0 Å². The van der Waals surface area contributed by atoms with Gasteiger partial charge in [0.25, 0.3) is 0 Å². The van der Waals surface area contributed by atoms with Crippen molar-refractivity contribution in [2.24, 2.45) is 0 Å². The molecular formula is C19H25NO2. The van der Waals surface area contributed by atoms with Gasteiger partial charge in [0.15, 0.2) is 0 Å². The Bertz CT molecular complexity index is 582. The molecule has 3 heteroatoms. The molecule has 118 valence electrons. The zero-order chi connectivity index (χ0) is 16.2. The van der Waals surface area contributed by atoms with Crippen LogP contribution in [0, 0.1) is 0 Å². The molecule has 0 bridgehead atoms. The van der Waals surface area contributed by atoms with Crippen molar-refractivity contribution in [3.05, 3.63) is 54.1 Å². The van der Waals surface area contributed by atoms with Crippen LogP contribution in [0.15, 0.2) is 48.5 Å². The lowest BCUT2D eigenvalue weighted by atomic mass is 9.87. The van der Waals surface area contributed by atoms with Gasteiger partial charge >= 0.3 is 0 Å². The number of hydrogen-bond acceptors (Lipinski definition) is 3. The molecule has 2 aromatic rings. The van der Waals surface area contributed by atoms with Crippen LogP contribution in [-0.4, -0.2) is 12.7 Å². The Morgan fingerprint density at radius 3 is 2.00 bits per heavy atom. The van der Waals surface area contributed by atoms with Crippen LogP contribution in [-0.2, 0) is 5.41 Å². The number of benzene rings is 2. The highest BCUT2D eigenvalue weighted by atomic mass is 16.5. The molecule has 0 aliphatic rings. The maximum atomic E-state index is 5.88. The zero-order valence-corrected chi connectivity index (χ0v) is 13.8. The van der Waals surface area contributed by atoms with Crippen LogP contribution in [0.2, 0.25) is 0 Å². The van der Waals surface area contributed by atoms with E-state index in [4.69, 9.17) is 15.2 Å². The van der Waals surface area contributed by atoms with Crippen molar-refractivity contribution < 1.29 is 9.47 Å². The molecule has 0 heterocycles. The van der Waals surface area contributed by atoms with Crippen molar-refractivity contribution in [3.63, 3.8) is 0 Å². The van der Waals surface area contributed by atoms with Crippen LogP contribution in [0.1, 0.15) is 33.3 Å². The molecule has 1 unspecified atom stereocenters. The second kappa shape index (κ2) is 6.73. The Kier molecular flexibility index (Phi) is 4.96. The monoisotopic (exact) mass is 299 g/mol. The van der Waals surface area contributed by atoms with Gasteiger partial charge in [0.05, 0.1) is 0 Å². The van der Waals surface area contributed by atoms with E-state index in [1.807, 2.05) is 43.3 Å². The minimum absolute atomic E-state index is 0.0296. The van der Waals surface area contributed by atoms with E-state index in [1.165, 1.54) is 5.56 Å². The van der Waals surface area contributed by atoms with Crippen molar-refractivity contribution in [2.75, 3.05) is 12.3 Å². The quantitative estimate of drug-likeness (QED) is 0.832. The van der Waals surface area contributed by atoms with Gasteiger partial charge in [-0.15, -0.1) is 0 Å². The topological polar surface area (TPSA) is 44.5 Å². The first kappa shape index (κ1) is 16.2. The molecule has 0 fully saturated rings. The standard InChI is InChI=1S/C19H25NO2/c1-14(13-21-17-11-7-16(20)8-12-17)22-18-9-5-15(6-10-18)19(2,3)4/h5-12,14H,13,20H2,1-4H3. The maximum Gasteiger partial charge on any atom is 0.130 e. The second-order valence-corrected chi connectivity index (χ2v) is 6.58. The number of anilines is 1. The average Bonchev–Trinajstić information content (AvgIpc) is 2.46. The van der Waals surface area contributed by atoms with Gasteiger partial charge in [0, 0.05) is 5.69 Å². The maximum absolute atomic E-state index is 5.88. The van der Waals surface area contributed by atoms with E-state index in [-0.39, 0.29) is 11.5 Å². The predicted octanol–water partition coefficient (Wildman–Crippen LogP) is 4.41. The van der Waals surface area contributed by atoms with E-state index in [9.17, 15) is 0 Å². The molecule has 0 saturated heterocycles. The van der Waals surface area contributed by atoms with Crippen LogP contribution >= 0.6 is 0 Å². The molecule has 0 aromatic heterocycles. The summed E-state index contributed by atoms with van der Waals surface area (Å²) in [4.78, 5) is 0. The first-order valence-corrected chi connectivity index (χ1v) is 7.60. The molecule has 0 radical (unpaired) electrons. The van der Waals surface area contributed by atoms with E-state index in [2.05, 4.69) is 32.9 Å². The van der Waals surface area contributed by atoms with Gasteiger partial charge in [-0.1, -0.05) is 32.9 Å². The Balaban J connectivity index is 1.86. The van der Waals surface area contributed by atoms with E-state index in [1.54, 1.807) is 0 Å². The lowest BCUT2D eigenvalue weighted by molar-refractivity contribution is 0.143. The number of hydrogen-bond donors (Lipinski definition) is 1. The van der Waals surface area contributed by atoms with Gasteiger partial charge in [-0.3, -0.25) is 0 Å². The van der Waals surface area contributed by atoms with Crippen molar-refractivity contribution in [2.45, 2.75) is 39.2 Å². The highest BCUT2D eigenvalue weighted by molar-refractivity contribution is 5.41. The van der Waals surface area contributed by atoms with Gasteiger partial charge in [0.1, 0.15) is 24.2 Å².